The second-order valence-corrected chi connectivity index (χ2v) is 6.61. The van der Waals surface area contributed by atoms with Crippen molar-refractivity contribution in [2.45, 2.75) is 0 Å². The summed E-state index contributed by atoms with van der Waals surface area (Å²) in [6, 6.07) is 31.5. The van der Waals surface area contributed by atoms with E-state index in [-0.39, 0.29) is 5.43 Å². The molecule has 0 unspecified atom stereocenters. The van der Waals surface area contributed by atoms with Gasteiger partial charge in [-0.2, -0.15) is 0 Å². The quantitative estimate of drug-likeness (QED) is 0.351. The third-order valence-corrected chi connectivity index (χ3v) is 4.86. The first-order chi connectivity index (χ1) is 13.3. The zero-order valence-electron chi connectivity index (χ0n) is 14.6. The Morgan fingerprint density at radius 2 is 1.15 bits per heavy atom. The monoisotopic (exact) mass is 348 g/mol. The maximum atomic E-state index is 12.3. The smallest absolute Gasteiger partial charge is 0.186 e. The first-order valence-electron chi connectivity index (χ1n) is 8.90. The highest BCUT2D eigenvalue weighted by Crippen LogP contribution is 2.31. The molecule has 0 saturated carbocycles. The minimum atomic E-state index is -0.0619. The predicted octanol–water partition coefficient (Wildman–Crippen LogP) is 6.28. The molecule has 0 fully saturated rings. The molecule has 0 radical (unpaired) electrons. The van der Waals surface area contributed by atoms with Gasteiger partial charge in [-0.1, -0.05) is 78.9 Å². The average Bonchev–Trinajstić information content (AvgIpc) is 2.73. The molecule has 0 amide bonds. The lowest BCUT2D eigenvalue weighted by atomic mass is 9.99. The van der Waals surface area contributed by atoms with E-state index in [2.05, 4.69) is 36.4 Å². The molecule has 0 bridgehead atoms. The molecule has 2 nitrogen and oxygen atoms in total. The molecule has 0 atom stereocenters. The Hall–Kier alpha value is -3.65. The van der Waals surface area contributed by atoms with Crippen molar-refractivity contribution in [3.8, 4) is 22.6 Å². The van der Waals surface area contributed by atoms with Gasteiger partial charge in [0.25, 0.3) is 0 Å². The Kier molecular flexibility index (Phi) is 3.61. The lowest BCUT2D eigenvalue weighted by Gasteiger charge is -2.08. The normalized spacial score (nSPS) is 11.1. The molecule has 1 aromatic heterocycles. The van der Waals surface area contributed by atoms with Gasteiger partial charge in [0, 0.05) is 23.3 Å². The van der Waals surface area contributed by atoms with Crippen LogP contribution in [0.3, 0.4) is 0 Å². The van der Waals surface area contributed by atoms with E-state index >= 15 is 0 Å². The van der Waals surface area contributed by atoms with E-state index in [0.29, 0.717) is 11.5 Å². The topological polar surface area (TPSA) is 30.2 Å². The van der Waals surface area contributed by atoms with E-state index in [1.54, 1.807) is 6.07 Å². The third kappa shape index (κ3) is 2.81. The van der Waals surface area contributed by atoms with E-state index in [4.69, 9.17) is 4.42 Å². The van der Waals surface area contributed by atoms with Crippen LogP contribution in [0.1, 0.15) is 0 Å². The standard InChI is InChI=1S/C25H16O2/c26-21-15-24(19-7-2-1-3-8-19)27-25(16-21)20-13-12-18-11-10-17-6-4-5-9-22(17)23(18)14-20/h1-16H. The summed E-state index contributed by atoms with van der Waals surface area (Å²) in [5.74, 6) is 1.16. The Morgan fingerprint density at radius 3 is 1.96 bits per heavy atom. The van der Waals surface area contributed by atoms with Gasteiger partial charge in [0.15, 0.2) is 5.43 Å². The van der Waals surface area contributed by atoms with Crippen LogP contribution in [0.15, 0.2) is 106 Å². The van der Waals surface area contributed by atoms with Crippen LogP contribution in [0.4, 0.5) is 0 Å². The summed E-state index contributed by atoms with van der Waals surface area (Å²) < 4.78 is 6.09. The molecule has 27 heavy (non-hydrogen) atoms. The second kappa shape index (κ2) is 6.26. The largest absolute Gasteiger partial charge is 0.456 e. The van der Waals surface area contributed by atoms with Gasteiger partial charge in [0.2, 0.25) is 0 Å². The van der Waals surface area contributed by atoms with Crippen molar-refractivity contribution < 1.29 is 4.42 Å². The van der Waals surface area contributed by atoms with E-state index in [0.717, 1.165) is 16.5 Å². The lowest BCUT2D eigenvalue weighted by molar-refractivity contribution is 0.580. The molecule has 0 aliphatic rings. The zero-order chi connectivity index (χ0) is 18.2. The SMILES string of the molecule is O=c1cc(-c2ccccc2)oc(-c2ccc3ccc4ccccc4c3c2)c1. The van der Waals surface area contributed by atoms with Crippen molar-refractivity contribution in [2.75, 3.05) is 0 Å². The Morgan fingerprint density at radius 1 is 0.519 bits per heavy atom. The molecule has 0 aliphatic carbocycles. The molecular weight excluding hydrogens is 332 g/mol. The number of hydrogen-bond acceptors (Lipinski definition) is 2. The Bertz CT molecular complexity index is 1330. The fraction of sp³-hybridized carbons (Fsp3) is 0. The number of fused-ring (bicyclic) bond motifs is 3. The number of benzene rings is 4. The summed E-state index contributed by atoms with van der Waals surface area (Å²) >= 11 is 0. The Labute approximate surface area is 156 Å². The van der Waals surface area contributed by atoms with Crippen molar-refractivity contribution in [2.24, 2.45) is 0 Å². The minimum absolute atomic E-state index is 0.0619. The van der Waals surface area contributed by atoms with Crippen LogP contribution in [0, 0.1) is 0 Å². The van der Waals surface area contributed by atoms with Gasteiger partial charge in [-0.15, -0.1) is 0 Å². The van der Waals surface area contributed by atoms with Gasteiger partial charge in [-0.05, 0) is 27.6 Å². The first-order valence-corrected chi connectivity index (χ1v) is 8.90. The number of rotatable bonds is 2. The van der Waals surface area contributed by atoms with Crippen molar-refractivity contribution in [1.29, 1.82) is 0 Å². The van der Waals surface area contributed by atoms with Crippen molar-refractivity contribution in [1.82, 2.24) is 0 Å². The van der Waals surface area contributed by atoms with Crippen LogP contribution >= 0.6 is 0 Å². The third-order valence-electron chi connectivity index (χ3n) is 4.86. The molecule has 0 N–H and O–H groups in total. The summed E-state index contributed by atoms with van der Waals surface area (Å²) in [5.41, 5.74) is 1.73. The molecule has 5 rings (SSSR count). The van der Waals surface area contributed by atoms with Crippen LogP contribution < -0.4 is 5.43 Å². The zero-order valence-corrected chi connectivity index (χ0v) is 14.6. The minimum Gasteiger partial charge on any atom is -0.456 e. The molecule has 2 heteroatoms. The maximum absolute atomic E-state index is 12.3. The summed E-state index contributed by atoms with van der Waals surface area (Å²) in [4.78, 5) is 12.3. The van der Waals surface area contributed by atoms with Gasteiger partial charge >= 0.3 is 0 Å². The molecule has 0 aliphatic heterocycles. The van der Waals surface area contributed by atoms with Gasteiger partial charge in [0.05, 0.1) is 0 Å². The summed E-state index contributed by atoms with van der Waals surface area (Å²) in [7, 11) is 0. The maximum Gasteiger partial charge on any atom is 0.186 e. The molecule has 0 saturated heterocycles. The van der Waals surface area contributed by atoms with Gasteiger partial charge in [-0.25, -0.2) is 0 Å². The van der Waals surface area contributed by atoms with E-state index in [9.17, 15) is 4.79 Å². The lowest BCUT2D eigenvalue weighted by Crippen LogP contribution is -1.98. The molecule has 1 heterocycles. The van der Waals surface area contributed by atoms with Crippen LogP contribution in [0.25, 0.3) is 44.2 Å². The number of hydrogen-bond donors (Lipinski definition) is 0. The predicted molar refractivity (Wildman–Crippen MR) is 111 cm³/mol. The average molecular weight is 348 g/mol. The molecule has 5 aromatic rings. The highest BCUT2D eigenvalue weighted by Gasteiger charge is 2.09. The first kappa shape index (κ1) is 15.6. The van der Waals surface area contributed by atoms with Gasteiger partial charge in [-0.3, -0.25) is 4.79 Å². The molecule has 0 spiro atoms. The second-order valence-electron chi connectivity index (χ2n) is 6.61. The summed E-state index contributed by atoms with van der Waals surface area (Å²) in [6.07, 6.45) is 0. The fourth-order valence-electron chi connectivity index (χ4n) is 3.52. The van der Waals surface area contributed by atoms with E-state index in [1.165, 1.54) is 22.2 Å². The van der Waals surface area contributed by atoms with Crippen LogP contribution in [0.2, 0.25) is 0 Å². The highest BCUT2D eigenvalue weighted by molar-refractivity contribution is 6.08. The molecule has 4 aromatic carbocycles. The van der Waals surface area contributed by atoms with Crippen molar-refractivity contribution in [3.05, 3.63) is 107 Å². The summed E-state index contributed by atoms with van der Waals surface area (Å²) in [6.45, 7) is 0. The van der Waals surface area contributed by atoms with Crippen LogP contribution in [0.5, 0.6) is 0 Å². The molecular formula is C25H16O2. The van der Waals surface area contributed by atoms with E-state index in [1.807, 2.05) is 48.5 Å². The van der Waals surface area contributed by atoms with Crippen LogP contribution in [-0.4, -0.2) is 0 Å². The van der Waals surface area contributed by atoms with Gasteiger partial charge < -0.3 is 4.42 Å². The Balaban J connectivity index is 1.73. The van der Waals surface area contributed by atoms with Crippen molar-refractivity contribution >= 4 is 21.5 Å². The fourth-order valence-corrected chi connectivity index (χ4v) is 3.52. The van der Waals surface area contributed by atoms with E-state index < -0.39 is 0 Å². The van der Waals surface area contributed by atoms with Gasteiger partial charge in [0.1, 0.15) is 11.5 Å². The van der Waals surface area contributed by atoms with Crippen molar-refractivity contribution in [3.63, 3.8) is 0 Å². The summed E-state index contributed by atoms with van der Waals surface area (Å²) in [5, 5.41) is 4.71. The van der Waals surface area contributed by atoms with Crippen LogP contribution in [-0.2, 0) is 0 Å². The molecule has 128 valence electrons. The highest BCUT2D eigenvalue weighted by atomic mass is 16.3.